The van der Waals surface area contributed by atoms with E-state index in [-0.39, 0.29) is 18.2 Å². The summed E-state index contributed by atoms with van der Waals surface area (Å²) >= 11 is 3.32. The number of rotatable bonds is 5. The van der Waals surface area contributed by atoms with Gasteiger partial charge in [0.2, 0.25) is 5.91 Å². The number of carbonyl (C=O) groups is 2. The lowest BCUT2D eigenvalue weighted by atomic mass is 10.1. The average Bonchev–Trinajstić information content (AvgIpc) is 2.56. The molecule has 0 saturated heterocycles. The fourth-order valence-corrected chi connectivity index (χ4v) is 2.37. The molecule has 2 amide bonds. The molecule has 0 fully saturated rings. The Kier molecular flexibility index (Phi) is 6.47. The van der Waals surface area contributed by atoms with Crippen LogP contribution in [0.2, 0.25) is 0 Å². The van der Waals surface area contributed by atoms with Gasteiger partial charge < -0.3 is 5.32 Å². The summed E-state index contributed by atoms with van der Waals surface area (Å²) in [5.41, 5.74) is 6.52. The summed E-state index contributed by atoms with van der Waals surface area (Å²) in [7, 11) is 0. The van der Waals surface area contributed by atoms with E-state index in [1.54, 1.807) is 31.2 Å². The number of hydrogen-bond acceptors (Lipinski definition) is 3. The number of anilines is 1. The molecule has 0 aliphatic heterocycles. The second-order valence-corrected chi connectivity index (χ2v) is 6.73. The van der Waals surface area contributed by atoms with Gasteiger partial charge in [-0.1, -0.05) is 22.0 Å². The minimum Gasteiger partial charge on any atom is -0.326 e. The fraction of sp³-hybridized carbons (Fsp3) is 0.211. The molecule has 0 saturated carbocycles. The summed E-state index contributed by atoms with van der Waals surface area (Å²) in [4.78, 5) is 24.0. The molecule has 0 aromatic heterocycles. The van der Waals surface area contributed by atoms with Crippen LogP contribution in [0.25, 0.3) is 0 Å². The largest absolute Gasteiger partial charge is 0.326 e. The summed E-state index contributed by atoms with van der Waals surface area (Å²) < 4.78 is 0.895. The van der Waals surface area contributed by atoms with Gasteiger partial charge in [0.1, 0.15) is 0 Å². The van der Waals surface area contributed by atoms with E-state index in [0.717, 1.165) is 15.7 Å². The molecule has 2 N–H and O–H groups in total. The summed E-state index contributed by atoms with van der Waals surface area (Å²) in [5, 5.41) is 6.81. The van der Waals surface area contributed by atoms with Crippen LogP contribution in [0.1, 0.15) is 34.8 Å². The minimum atomic E-state index is -0.318. The van der Waals surface area contributed by atoms with Gasteiger partial charge in [-0.15, -0.1) is 0 Å². The molecule has 0 atom stereocenters. The SMILES string of the molecule is CC(CC(=O)Nc1ccc(C)c(C)c1)=NNC(=O)c1ccc(Br)cc1. The van der Waals surface area contributed by atoms with Gasteiger partial charge in [0, 0.05) is 21.4 Å². The lowest BCUT2D eigenvalue weighted by Gasteiger charge is -2.08. The molecule has 0 unspecified atom stereocenters. The van der Waals surface area contributed by atoms with E-state index in [0.29, 0.717) is 11.3 Å². The van der Waals surface area contributed by atoms with Crippen LogP contribution in [-0.2, 0) is 4.79 Å². The summed E-state index contributed by atoms with van der Waals surface area (Å²) in [5.74, 6) is -0.496. The molecule has 5 nitrogen and oxygen atoms in total. The quantitative estimate of drug-likeness (QED) is 0.581. The smallest absolute Gasteiger partial charge is 0.271 e. The van der Waals surface area contributed by atoms with Gasteiger partial charge in [0.05, 0.1) is 6.42 Å². The molecule has 6 heteroatoms. The zero-order chi connectivity index (χ0) is 18.4. The third-order valence-corrected chi connectivity index (χ3v) is 4.19. The van der Waals surface area contributed by atoms with E-state index in [2.05, 4.69) is 31.8 Å². The molecule has 0 aliphatic rings. The number of hydrogen-bond donors (Lipinski definition) is 2. The Morgan fingerprint density at radius 2 is 1.72 bits per heavy atom. The van der Waals surface area contributed by atoms with Gasteiger partial charge in [0.15, 0.2) is 0 Å². The van der Waals surface area contributed by atoms with E-state index in [4.69, 9.17) is 0 Å². The zero-order valence-corrected chi connectivity index (χ0v) is 16.0. The van der Waals surface area contributed by atoms with Crippen molar-refractivity contribution in [2.45, 2.75) is 27.2 Å². The lowest BCUT2D eigenvalue weighted by molar-refractivity contribution is -0.115. The zero-order valence-electron chi connectivity index (χ0n) is 14.4. The van der Waals surface area contributed by atoms with E-state index < -0.39 is 0 Å². The van der Waals surface area contributed by atoms with Gasteiger partial charge in [-0.2, -0.15) is 5.10 Å². The van der Waals surface area contributed by atoms with Crippen molar-refractivity contribution in [2.75, 3.05) is 5.32 Å². The maximum absolute atomic E-state index is 12.1. The van der Waals surface area contributed by atoms with Crippen LogP contribution in [0.15, 0.2) is 52.0 Å². The van der Waals surface area contributed by atoms with Crippen molar-refractivity contribution in [3.63, 3.8) is 0 Å². The van der Waals surface area contributed by atoms with Crippen LogP contribution < -0.4 is 10.7 Å². The van der Waals surface area contributed by atoms with Crippen molar-refractivity contribution in [1.82, 2.24) is 5.43 Å². The summed E-state index contributed by atoms with van der Waals surface area (Å²) in [6.07, 6.45) is 0.105. The molecule has 0 radical (unpaired) electrons. The van der Waals surface area contributed by atoms with E-state index in [9.17, 15) is 9.59 Å². The number of carbonyl (C=O) groups excluding carboxylic acids is 2. The van der Waals surface area contributed by atoms with Crippen LogP contribution in [0, 0.1) is 13.8 Å². The third kappa shape index (κ3) is 5.83. The number of halogens is 1. The van der Waals surface area contributed by atoms with Crippen molar-refractivity contribution < 1.29 is 9.59 Å². The van der Waals surface area contributed by atoms with Crippen molar-refractivity contribution in [3.8, 4) is 0 Å². The fourth-order valence-electron chi connectivity index (χ4n) is 2.11. The Bertz CT molecular complexity index is 814. The molecule has 130 valence electrons. The van der Waals surface area contributed by atoms with Crippen LogP contribution in [0.5, 0.6) is 0 Å². The van der Waals surface area contributed by atoms with Crippen molar-refractivity contribution in [1.29, 1.82) is 0 Å². The number of benzene rings is 2. The number of nitrogens with one attached hydrogen (secondary N) is 2. The number of amides is 2. The normalized spacial score (nSPS) is 11.1. The topological polar surface area (TPSA) is 70.6 Å². The summed E-state index contributed by atoms with van der Waals surface area (Å²) in [6.45, 7) is 5.71. The molecule has 2 rings (SSSR count). The van der Waals surface area contributed by atoms with Crippen LogP contribution in [0.4, 0.5) is 5.69 Å². The molecule has 0 bridgehead atoms. The second-order valence-electron chi connectivity index (χ2n) is 5.82. The minimum absolute atomic E-state index is 0.105. The Hall–Kier alpha value is -2.47. The molecule has 0 heterocycles. The number of nitrogens with zero attached hydrogens (tertiary/aromatic N) is 1. The molecular weight excluding hydrogens is 382 g/mol. The van der Waals surface area contributed by atoms with Gasteiger partial charge in [0.25, 0.3) is 5.91 Å². The van der Waals surface area contributed by atoms with Crippen molar-refractivity contribution >= 4 is 39.1 Å². The molecule has 25 heavy (non-hydrogen) atoms. The highest BCUT2D eigenvalue weighted by atomic mass is 79.9. The molecule has 0 spiro atoms. The first kappa shape index (κ1) is 18.9. The Morgan fingerprint density at radius 3 is 2.36 bits per heavy atom. The Labute approximate surface area is 155 Å². The maximum Gasteiger partial charge on any atom is 0.271 e. The molecule has 2 aromatic carbocycles. The Balaban J connectivity index is 1.89. The van der Waals surface area contributed by atoms with Crippen molar-refractivity contribution in [2.24, 2.45) is 5.10 Å². The van der Waals surface area contributed by atoms with Crippen LogP contribution in [0.3, 0.4) is 0 Å². The van der Waals surface area contributed by atoms with Crippen LogP contribution >= 0.6 is 15.9 Å². The third-order valence-electron chi connectivity index (χ3n) is 3.66. The van der Waals surface area contributed by atoms with Gasteiger partial charge in [-0.3, -0.25) is 9.59 Å². The predicted octanol–water partition coefficient (Wildman–Crippen LogP) is 4.20. The van der Waals surface area contributed by atoms with Gasteiger partial charge in [-0.25, -0.2) is 5.43 Å². The first-order chi connectivity index (χ1) is 11.8. The molecular formula is C19H20BrN3O2. The average molecular weight is 402 g/mol. The number of aryl methyl sites for hydroxylation is 2. The Morgan fingerprint density at radius 1 is 1.04 bits per heavy atom. The lowest BCUT2D eigenvalue weighted by Crippen LogP contribution is -2.21. The standard InChI is InChI=1S/C19H20BrN3O2/c1-12-4-9-17(10-13(12)2)21-18(24)11-14(3)22-23-19(25)15-5-7-16(20)8-6-15/h4-10H,11H2,1-3H3,(H,21,24)(H,23,25). The predicted molar refractivity (Wildman–Crippen MR) is 104 cm³/mol. The first-order valence-electron chi connectivity index (χ1n) is 7.81. The van der Waals surface area contributed by atoms with Crippen LogP contribution in [-0.4, -0.2) is 17.5 Å². The highest BCUT2D eigenvalue weighted by Gasteiger charge is 2.07. The number of hydrazone groups is 1. The highest BCUT2D eigenvalue weighted by Crippen LogP contribution is 2.14. The molecule has 2 aromatic rings. The van der Waals surface area contributed by atoms with E-state index in [1.807, 2.05) is 32.0 Å². The van der Waals surface area contributed by atoms with Gasteiger partial charge in [-0.05, 0) is 68.3 Å². The monoisotopic (exact) mass is 401 g/mol. The van der Waals surface area contributed by atoms with E-state index in [1.165, 1.54) is 5.56 Å². The molecule has 0 aliphatic carbocycles. The van der Waals surface area contributed by atoms with Crippen molar-refractivity contribution in [3.05, 3.63) is 63.6 Å². The maximum atomic E-state index is 12.1. The highest BCUT2D eigenvalue weighted by molar-refractivity contribution is 9.10. The van der Waals surface area contributed by atoms with E-state index >= 15 is 0 Å². The summed E-state index contributed by atoms with van der Waals surface area (Å²) in [6, 6.07) is 12.7. The second kappa shape index (κ2) is 8.58. The van der Waals surface area contributed by atoms with Gasteiger partial charge >= 0.3 is 0 Å². The first-order valence-corrected chi connectivity index (χ1v) is 8.60.